The predicted octanol–water partition coefficient (Wildman–Crippen LogP) is 2.03. The number of carbonyl (C=O) groups is 1. The molecule has 5 heteroatoms. The number of benzene rings is 1. The maximum atomic E-state index is 12.1. The zero-order valence-corrected chi connectivity index (χ0v) is 10.8. The molecule has 0 fully saturated rings. The third kappa shape index (κ3) is 2.31. The van der Waals surface area contributed by atoms with E-state index in [1.165, 1.54) is 5.56 Å². The van der Waals surface area contributed by atoms with Crippen molar-refractivity contribution in [3.8, 4) is 0 Å². The Balaban J connectivity index is 1.80. The average Bonchev–Trinajstić information content (AvgIpc) is 2.85. The highest BCUT2D eigenvalue weighted by Gasteiger charge is 2.12. The Morgan fingerprint density at radius 3 is 3.11 bits per heavy atom. The number of hydrogen-bond acceptors (Lipinski definition) is 3. The fourth-order valence-corrected chi connectivity index (χ4v) is 2.33. The van der Waals surface area contributed by atoms with Crippen molar-refractivity contribution in [3.05, 3.63) is 41.7 Å². The predicted molar refractivity (Wildman–Crippen MR) is 74.4 cm³/mol. The molecule has 2 aromatic rings. The molecule has 2 N–H and O–H groups in total. The Bertz CT molecular complexity index is 618. The lowest BCUT2D eigenvalue weighted by atomic mass is 10.0. The van der Waals surface area contributed by atoms with E-state index in [0.29, 0.717) is 5.69 Å². The molecule has 0 unspecified atom stereocenters. The molecule has 98 valence electrons. The Morgan fingerprint density at radius 2 is 2.32 bits per heavy atom. The van der Waals surface area contributed by atoms with Crippen LogP contribution in [-0.4, -0.2) is 22.2 Å². The van der Waals surface area contributed by atoms with Gasteiger partial charge in [-0.3, -0.25) is 9.48 Å². The number of amides is 1. The highest BCUT2D eigenvalue weighted by atomic mass is 16.2. The van der Waals surface area contributed by atoms with Crippen molar-refractivity contribution in [2.75, 3.05) is 17.2 Å². The maximum Gasteiger partial charge on any atom is 0.273 e. The molecule has 2 heterocycles. The van der Waals surface area contributed by atoms with Gasteiger partial charge in [-0.25, -0.2) is 0 Å². The van der Waals surface area contributed by atoms with Crippen LogP contribution in [0.5, 0.6) is 0 Å². The van der Waals surface area contributed by atoms with E-state index in [1.807, 2.05) is 12.1 Å². The number of nitrogens with zero attached hydrogens (tertiary/aromatic N) is 2. The van der Waals surface area contributed by atoms with Crippen LogP contribution in [0.3, 0.4) is 0 Å². The summed E-state index contributed by atoms with van der Waals surface area (Å²) in [6.07, 6.45) is 3.87. The van der Waals surface area contributed by atoms with E-state index in [4.69, 9.17) is 0 Å². The van der Waals surface area contributed by atoms with Gasteiger partial charge in [0.1, 0.15) is 5.69 Å². The van der Waals surface area contributed by atoms with Crippen molar-refractivity contribution < 1.29 is 4.79 Å². The Kier molecular flexibility index (Phi) is 2.95. The van der Waals surface area contributed by atoms with Crippen LogP contribution in [0.2, 0.25) is 0 Å². The van der Waals surface area contributed by atoms with Gasteiger partial charge in [0, 0.05) is 31.2 Å². The first-order chi connectivity index (χ1) is 9.24. The summed E-state index contributed by atoms with van der Waals surface area (Å²) in [5.74, 6) is -0.143. The van der Waals surface area contributed by atoms with E-state index in [2.05, 4.69) is 21.8 Å². The molecule has 1 aromatic carbocycles. The van der Waals surface area contributed by atoms with Crippen LogP contribution in [0.4, 0.5) is 11.4 Å². The minimum absolute atomic E-state index is 0.143. The van der Waals surface area contributed by atoms with Gasteiger partial charge >= 0.3 is 0 Å². The maximum absolute atomic E-state index is 12.1. The van der Waals surface area contributed by atoms with Gasteiger partial charge in [-0.05, 0) is 36.6 Å². The Labute approximate surface area is 111 Å². The van der Waals surface area contributed by atoms with Crippen molar-refractivity contribution in [3.63, 3.8) is 0 Å². The molecule has 0 saturated carbocycles. The SMILES string of the molecule is Cn1nccc1C(=O)Nc1ccc2c(c1)NCCC2. The van der Waals surface area contributed by atoms with Crippen LogP contribution >= 0.6 is 0 Å². The first-order valence-electron chi connectivity index (χ1n) is 6.40. The number of anilines is 2. The first-order valence-corrected chi connectivity index (χ1v) is 6.40. The summed E-state index contributed by atoms with van der Waals surface area (Å²) in [6.45, 7) is 0.992. The molecule has 1 aliphatic heterocycles. The summed E-state index contributed by atoms with van der Waals surface area (Å²) in [4.78, 5) is 12.1. The third-order valence-corrected chi connectivity index (χ3v) is 3.36. The number of rotatable bonds is 2. The molecule has 5 nitrogen and oxygen atoms in total. The largest absolute Gasteiger partial charge is 0.385 e. The fourth-order valence-electron chi connectivity index (χ4n) is 2.33. The first kappa shape index (κ1) is 11.8. The van der Waals surface area contributed by atoms with Gasteiger partial charge in [0.05, 0.1) is 0 Å². The molecule has 1 amide bonds. The molecule has 0 bridgehead atoms. The van der Waals surface area contributed by atoms with E-state index in [1.54, 1.807) is 24.0 Å². The van der Waals surface area contributed by atoms with Gasteiger partial charge in [-0.15, -0.1) is 0 Å². The van der Waals surface area contributed by atoms with Gasteiger partial charge in [0.25, 0.3) is 5.91 Å². The monoisotopic (exact) mass is 256 g/mol. The molecule has 1 aliphatic rings. The zero-order chi connectivity index (χ0) is 13.2. The number of hydrogen-bond donors (Lipinski definition) is 2. The van der Waals surface area contributed by atoms with Crippen LogP contribution in [-0.2, 0) is 13.5 Å². The summed E-state index contributed by atoms with van der Waals surface area (Å²) in [5, 5.41) is 10.2. The van der Waals surface area contributed by atoms with E-state index in [0.717, 1.165) is 30.8 Å². The van der Waals surface area contributed by atoms with Crippen molar-refractivity contribution in [1.29, 1.82) is 0 Å². The smallest absolute Gasteiger partial charge is 0.273 e. The lowest BCUT2D eigenvalue weighted by molar-refractivity contribution is 0.101. The highest BCUT2D eigenvalue weighted by molar-refractivity contribution is 6.03. The summed E-state index contributed by atoms with van der Waals surface area (Å²) >= 11 is 0. The normalized spacial score (nSPS) is 13.5. The van der Waals surface area contributed by atoms with Gasteiger partial charge in [0.2, 0.25) is 0 Å². The van der Waals surface area contributed by atoms with Crippen LogP contribution in [0.25, 0.3) is 0 Å². The minimum atomic E-state index is -0.143. The van der Waals surface area contributed by atoms with E-state index in [9.17, 15) is 4.79 Å². The summed E-state index contributed by atoms with van der Waals surface area (Å²) in [7, 11) is 1.75. The number of nitrogens with one attached hydrogen (secondary N) is 2. The van der Waals surface area contributed by atoms with Gasteiger partial charge in [0.15, 0.2) is 0 Å². The second-order valence-corrected chi connectivity index (χ2v) is 4.70. The molecular weight excluding hydrogens is 240 g/mol. The molecule has 1 aromatic heterocycles. The Morgan fingerprint density at radius 1 is 1.42 bits per heavy atom. The van der Waals surface area contributed by atoms with Crippen LogP contribution in [0.1, 0.15) is 22.5 Å². The quantitative estimate of drug-likeness (QED) is 0.864. The zero-order valence-electron chi connectivity index (χ0n) is 10.8. The number of fused-ring (bicyclic) bond motifs is 1. The number of aromatic nitrogens is 2. The van der Waals surface area contributed by atoms with E-state index >= 15 is 0 Å². The second-order valence-electron chi connectivity index (χ2n) is 4.70. The van der Waals surface area contributed by atoms with Gasteiger partial charge < -0.3 is 10.6 Å². The second kappa shape index (κ2) is 4.76. The molecular formula is C14H16N4O. The Hall–Kier alpha value is -2.30. The van der Waals surface area contributed by atoms with Crippen LogP contribution in [0.15, 0.2) is 30.5 Å². The fraction of sp³-hybridized carbons (Fsp3) is 0.286. The number of aryl methyl sites for hydroxylation is 2. The lowest BCUT2D eigenvalue weighted by Gasteiger charge is -2.18. The molecule has 0 spiro atoms. The summed E-state index contributed by atoms with van der Waals surface area (Å²) < 4.78 is 1.56. The lowest BCUT2D eigenvalue weighted by Crippen LogP contribution is -2.17. The average molecular weight is 256 g/mol. The van der Waals surface area contributed by atoms with Gasteiger partial charge in [-0.2, -0.15) is 5.10 Å². The molecule has 19 heavy (non-hydrogen) atoms. The highest BCUT2D eigenvalue weighted by Crippen LogP contribution is 2.25. The van der Waals surface area contributed by atoms with E-state index in [-0.39, 0.29) is 5.91 Å². The molecule has 0 radical (unpaired) electrons. The molecule has 0 aliphatic carbocycles. The standard InChI is InChI=1S/C14H16N4O/c1-18-13(6-8-16-18)14(19)17-11-5-4-10-3-2-7-15-12(10)9-11/h4-6,8-9,15H,2-3,7H2,1H3,(H,17,19). The van der Waals surface area contributed by atoms with Crippen molar-refractivity contribution >= 4 is 17.3 Å². The van der Waals surface area contributed by atoms with Gasteiger partial charge in [-0.1, -0.05) is 6.07 Å². The summed E-state index contributed by atoms with van der Waals surface area (Å²) in [6, 6.07) is 7.70. The summed E-state index contributed by atoms with van der Waals surface area (Å²) in [5.41, 5.74) is 3.78. The third-order valence-electron chi connectivity index (χ3n) is 3.36. The topological polar surface area (TPSA) is 59.0 Å². The van der Waals surface area contributed by atoms with Crippen molar-refractivity contribution in [2.24, 2.45) is 7.05 Å². The van der Waals surface area contributed by atoms with Crippen LogP contribution in [0, 0.1) is 0 Å². The molecule has 3 rings (SSSR count). The number of carbonyl (C=O) groups excluding carboxylic acids is 1. The molecule has 0 atom stereocenters. The van der Waals surface area contributed by atoms with Crippen molar-refractivity contribution in [2.45, 2.75) is 12.8 Å². The minimum Gasteiger partial charge on any atom is -0.385 e. The molecule has 0 saturated heterocycles. The van der Waals surface area contributed by atoms with Crippen LogP contribution < -0.4 is 10.6 Å². The van der Waals surface area contributed by atoms with Crippen molar-refractivity contribution in [1.82, 2.24) is 9.78 Å². The van der Waals surface area contributed by atoms with E-state index < -0.39 is 0 Å².